The summed E-state index contributed by atoms with van der Waals surface area (Å²) in [6, 6.07) is 7.55. The number of methoxy groups -OCH3 is 1. The van der Waals surface area contributed by atoms with Crippen LogP contribution in [-0.4, -0.2) is 22.8 Å². The molecule has 1 N–H and O–H groups in total. The SMILES string of the molecule is COc1ccccc1[C@@H](C)NC(=O)Cn1cc(C)cn1. The lowest BCUT2D eigenvalue weighted by molar-refractivity contribution is -0.122. The third kappa shape index (κ3) is 3.38. The summed E-state index contributed by atoms with van der Waals surface area (Å²) in [6.07, 6.45) is 3.57. The summed E-state index contributed by atoms with van der Waals surface area (Å²) >= 11 is 0. The lowest BCUT2D eigenvalue weighted by Gasteiger charge is -2.17. The minimum absolute atomic E-state index is 0.0773. The maximum Gasteiger partial charge on any atom is 0.242 e. The Morgan fingerprint density at radius 3 is 2.85 bits per heavy atom. The number of benzene rings is 1. The molecule has 0 bridgehead atoms. The number of amides is 1. The molecule has 0 saturated heterocycles. The van der Waals surface area contributed by atoms with Gasteiger partial charge in [0.1, 0.15) is 12.3 Å². The summed E-state index contributed by atoms with van der Waals surface area (Å²) in [5.74, 6) is 0.696. The van der Waals surface area contributed by atoms with E-state index in [4.69, 9.17) is 4.74 Å². The van der Waals surface area contributed by atoms with E-state index >= 15 is 0 Å². The molecule has 1 aromatic heterocycles. The monoisotopic (exact) mass is 273 g/mol. The number of rotatable bonds is 5. The molecule has 0 saturated carbocycles. The Hall–Kier alpha value is -2.30. The molecule has 0 aliphatic rings. The number of nitrogens with one attached hydrogen (secondary N) is 1. The summed E-state index contributed by atoms with van der Waals surface area (Å²) in [4.78, 5) is 12.0. The van der Waals surface area contributed by atoms with Gasteiger partial charge in [0, 0.05) is 11.8 Å². The lowest BCUT2D eigenvalue weighted by atomic mass is 10.1. The predicted molar refractivity (Wildman–Crippen MR) is 76.5 cm³/mol. The van der Waals surface area contributed by atoms with Crippen LogP contribution in [0.3, 0.4) is 0 Å². The van der Waals surface area contributed by atoms with Crippen LogP contribution in [0.25, 0.3) is 0 Å². The van der Waals surface area contributed by atoms with E-state index in [-0.39, 0.29) is 18.5 Å². The fraction of sp³-hybridized carbons (Fsp3) is 0.333. The second-order valence-electron chi connectivity index (χ2n) is 4.75. The van der Waals surface area contributed by atoms with E-state index in [9.17, 15) is 4.79 Å². The summed E-state index contributed by atoms with van der Waals surface area (Å²) in [6.45, 7) is 4.09. The van der Waals surface area contributed by atoms with Crippen molar-refractivity contribution in [3.05, 3.63) is 47.8 Å². The Bertz CT molecular complexity index is 592. The number of aromatic nitrogens is 2. The Labute approximate surface area is 118 Å². The zero-order chi connectivity index (χ0) is 14.5. The van der Waals surface area contributed by atoms with Gasteiger partial charge in [-0.25, -0.2) is 0 Å². The van der Waals surface area contributed by atoms with Gasteiger partial charge in [-0.05, 0) is 25.5 Å². The number of carbonyl (C=O) groups excluding carboxylic acids is 1. The van der Waals surface area contributed by atoms with Gasteiger partial charge in [-0.2, -0.15) is 5.10 Å². The van der Waals surface area contributed by atoms with Crippen LogP contribution >= 0.6 is 0 Å². The predicted octanol–water partition coefficient (Wildman–Crippen LogP) is 2.08. The van der Waals surface area contributed by atoms with Gasteiger partial charge in [0.2, 0.25) is 5.91 Å². The van der Waals surface area contributed by atoms with Crippen molar-refractivity contribution in [3.8, 4) is 5.75 Å². The molecule has 0 aliphatic heterocycles. The number of carbonyl (C=O) groups is 1. The number of nitrogens with zero attached hydrogens (tertiary/aromatic N) is 2. The molecule has 0 radical (unpaired) electrons. The van der Waals surface area contributed by atoms with E-state index in [1.165, 1.54) is 0 Å². The highest BCUT2D eigenvalue weighted by Crippen LogP contribution is 2.24. The molecule has 0 aliphatic carbocycles. The molecule has 1 heterocycles. The van der Waals surface area contributed by atoms with Crippen LogP contribution in [0.4, 0.5) is 0 Å². The van der Waals surface area contributed by atoms with Crippen LogP contribution in [0.5, 0.6) is 5.75 Å². The maximum atomic E-state index is 12.0. The number of para-hydroxylation sites is 1. The molecule has 2 aromatic rings. The van der Waals surface area contributed by atoms with Gasteiger partial charge in [0.05, 0.1) is 19.3 Å². The summed E-state index contributed by atoms with van der Waals surface area (Å²) in [7, 11) is 1.62. The minimum Gasteiger partial charge on any atom is -0.496 e. The fourth-order valence-electron chi connectivity index (χ4n) is 2.09. The minimum atomic E-state index is -0.115. The third-order valence-electron chi connectivity index (χ3n) is 3.05. The number of aryl methyl sites for hydroxylation is 1. The Morgan fingerprint density at radius 2 is 2.20 bits per heavy atom. The van der Waals surface area contributed by atoms with Gasteiger partial charge in [-0.3, -0.25) is 9.48 Å². The Morgan fingerprint density at radius 1 is 1.45 bits per heavy atom. The highest BCUT2D eigenvalue weighted by atomic mass is 16.5. The topological polar surface area (TPSA) is 56.1 Å². The molecular formula is C15H19N3O2. The van der Waals surface area contributed by atoms with Crippen LogP contribution in [0.1, 0.15) is 24.1 Å². The first-order valence-corrected chi connectivity index (χ1v) is 6.51. The van der Waals surface area contributed by atoms with Crippen molar-refractivity contribution >= 4 is 5.91 Å². The molecular weight excluding hydrogens is 254 g/mol. The van der Waals surface area contributed by atoms with E-state index in [0.717, 1.165) is 16.9 Å². The van der Waals surface area contributed by atoms with Crippen molar-refractivity contribution in [2.24, 2.45) is 0 Å². The third-order valence-corrected chi connectivity index (χ3v) is 3.05. The second-order valence-corrected chi connectivity index (χ2v) is 4.75. The molecule has 1 atom stereocenters. The zero-order valence-corrected chi connectivity index (χ0v) is 12.0. The highest BCUT2D eigenvalue weighted by molar-refractivity contribution is 5.76. The molecule has 5 nitrogen and oxygen atoms in total. The van der Waals surface area contributed by atoms with Gasteiger partial charge in [-0.1, -0.05) is 18.2 Å². The summed E-state index contributed by atoms with van der Waals surface area (Å²) in [5, 5.41) is 7.05. The molecule has 0 spiro atoms. The average Bonchev–Trinajstić information content (AvgIpc) is 2.83. The van der Waals surface area contributed by atoms with E-state index in [1.54, 1.807) is 18.0 Å². The first-order chi connectivity index (χ1) is 9.60. The van der Waals surface area contributed by atoms with E-state index in [2.05, 4.69) is 10.4 Å². The second kappa shape index (κ2) is 6.23. The van der Waals surface area contributed by atoms with Crippen molar-refractivity contribution in [2.45, 2.75) is 26.4 Å². The van der Waals surface area contributed by atoms with Gasteiger partial charge in [0.15, 0.2) is 0 Å². The molecule has 0 unspecified atom stereocenters. The lowest BCUT2D eigenvalue weighted by Crippen LogP contribution is -2.30. The first kappa shape index (κ1) is 14.1. The fourth-order valence-corrected chi connectivity index (χ4v) is 2.09. The van der Waals surface area contributed by atoms with Crippen molar-refractivity contribution in [2.75, 3.05) is 7.11 Å². The Kier molecular flexibility index (Phi) is 4.40. The van der Waals surface area contributed by atoms with Crippen LogP contribution < -0.4 is 10.1 Å². The van der Waals surface area contributed by atoms with Crippen LogP contribution in [0, 0.1) is 6.92 Å². The summed E-state index contributed by atoms with van der Waals surface area (Å²) < 4.78 is 6.93. The summed E-state index contributed by atoms with van der Waals surface area (Å²) in [5.41, 5.74) is 2.00. The van der Waals surface area contributed by atoms with Crippen molar-refractivity contribution < 1.29 is 9.53 Å². The van der Waals surface area contributed by atoms with Gasteiger partial charge < -0.3 is 10.1 Å². The van der Waals surface area contributed by atoms with Crippen LogP contribution in [0.15, 0.2) is 36.7 Å². The van der Waals surface area contributed by atoms with Crippen LogP contribution in [-0.2, 0) is 11.3 Å². The normalized spacial score (nSPS) is 11.9. The van der Waals surface area contributed by atoms with Gasteiger partial charge in [0.25, 0.3) is 0 Å². The molecule has 0 fully saturated rings. The van der Waals surface area contributed by atoms with E-state index < -0.39 is 0 Å². The Balaban J connectivity index is 2.00. The molecule has 106 valence electrons. The van der Waals surface area contributed by atoms with Gasteiger partial charge >= 0.3 is 0 Å². The molecule has 2 rings (SSSR count). The molecule has 1 amide bonds. The molecule has 20 heavy (non-hydrogen) atoms. The van der Waals surface area contributed by atoms with Crippen molar-refractivity contribution in [3.63, 3.8) is 0 Å². The largest absolute Gasteiger partial charge is 0.496 e. The van der Waals surface area contributed by atoms with Crippen molar-refractivity contribution in [1.82, 2.24) is 15.1 Å². The standard InChI is InChI=1S/C15H19N3O2/c1-11-8-16-18(9-11)10-15(19)17-12(2)13-6-4-5-7-14(13)20-3/h4-9,12H,10H2,1-3H3,(H,17,19)/t12-/m1/s1. The highest BCUT2D eigenvalue weighted by Gasteiger charge is 2.13. The van der Waals surface area contributed by atoms with E-state index in [0.29, 0.717) is 0 Å². The first-order valence-electron chi connectivity index (χ1n) is 6.51. The number of ether oxygens (including phenoxy) is 1. The zero-order valence-electron chi connectivity index (χ0n) is 12.0. The van der Waals surface area contributed by atoms with Crippen molar-refractivity contribution in [1.29, 1.82) is 0 Å². The quantitative estimate of drug-likeness (QED) is 0.907. The maximum absolute atomic E-state index is 12.0. The molecule has 5 heteroatoms. The smallest absolute Gasteiger partial charge is 0.242 e. The number of hydrogen-bond acceptors (Lipinski definition) is 3. The molecule has 1 aromatic carbocycles. The number of hydrogen-bond donors (Lipinski definition) is 1. The van der Waals surface area contributed by atoms with Gasteiger partial charge in [-0.15, -0.1) is 0 Å². The van der Waals surface area contributed by atoms with Crippen LogP contribution in [0.2, 0.25) is 0 Å². The van der Waals surface area contributed by atoms with E-state index in [1.807, 2.05) is 44.3 Å². The average molecular weight is 273 g/mol.